The van der Waals surface area contributed by atoms with E-state index < -0.39 is 5.54 Å². The van der Waals surface area contributed by atoms with Crippen LogP contribution < -0.4 is 15.2 Å². The molecule has 0 amide bonds. The van der Waals surface area contributed by atoms with Crippen molar-refractivity contribution in [2.75, 3.05) is 14.2 Å². The van der Waals surface area contributed by atoms with Crippen LogP contribution >= 0.6 is 15.9 Å². The topological polar surface area (TPSA) is 44.5 Å². The van der Waals surface area contributed by atoms with Gasteiger partial charge < -0.3 is 15.2 Å². The molecule has 1 rings (SSSR count). The van der Waals surface area contributed by atoms with Crippen molar-refractivity contribution in [2.45, 2.75) is 19.4 Å². The first-order valence-corrected chi connectivity index (χ1v) is 5.40. The smallest absolute Gasteiger partial charge is 0.174 e. The third kappa shape index (κ3) is 2.63. The monoisotopic (exact) mass is 273 g/mol. The molecule has 3 nitrogen and oxygen atoms in total. The third-order valence-corrected chi connectivity index (χ3v) is 2.77. The van der Waals surface area contributed by atoms with Gasteiger partial charge in [0.15, 0.2) is 11.5 Å². The Morgan fingerprint density at radius 1 is 1.20 bits per heavy atom. The Morgan fingerprint density at radius 2 is 1.80 bits per heavy atom. The molecule has 2 N–H and O–H groups in total. The molecule has 0 aromatic heterocycles. The van der Waals surface area contributed by atoms with Gasteiger partial charge in [0.25, 0.3) is 0 Å². The molecule has 0 saturated heterocycles. The molecule has 0 heterocycles. The van der Waals surface area contributed by atoms with Crippen LogP contribution in [0.1, 0.15) is 19.4 Å². The molecular formula is C11H16BrNO2. The molecule has 84 valence electrons. The van der Waals surface area contributed by atoms with Gasteiger partial charge in [0.2, 0.25) is 0 Å². The third-order valence-electron chi connectivity index (χ3n) is 2.18. The summed E-state index contributed by atoms with van der Waals surface area (Å²) in [7, 11) is 3.22. The van der Waals surface area contributed by atoms with Crippen molar-refractivity contribution in [3.8, 4) is 11.5 Å². The van der Waals surface area contributed by atoms with Gasteiger partial charge in [0.05, 0.1) is 18.7 Å². The minimum atomic E-state index is -0.401. The number of halogens is 1. The van der Waals surface area contributed by atoms with Gasteiger partial charge in [0, 0.05) is 5.54 Å². The van der Waals surface area contributed by atoms with E-state index in [1.807, 2.05) is 26.0 Å². The minimum Gasteiger partial charge on any atom is -0.493 e. The van der Waals surface area contributed by atoms with Crippen molar-refractivity contribution >= 4 is 15.9 Å². The average Bonchev–Trinajstić information content (AvgIpc) is 2.15. The Balaban J connectivity index is 3.32. The van der Waals surface area contributed by atoms with E-state index in [9.17, 15) is 0 Å². The fourth-order valence-corrected chi connectivity index (χ4v) is 1.89. The first-order chi connectivity index (χ1) is 6.90. The predicted molar refractivity (Wildman–Crippen MR) is 64.5 cm³/mol. The van der Waals surface area contributed by atoms with E-state index in [0.29, 0.717) is 11.5 Å². The maximum atomic E-state index is 6.02. The van der Waals surface area contributed by atoms with Crippen LogP contribution in [0.2, 0.25) is 0 Å². The highest BCUT2D eigenvalue weighted by molar-refractivity contribution is 9.10. The Labute approximate surface area is 98.7 Å². The molecule has 0 aliphatic carbocycles. The summed E-state index contributed by atoms with van der Waals surface area (Å²) in [6, 6.07) is 3.84. The molecule has 0 bridgehead atoms. The summed E-state index contributed by atoms with van der Waals surface area (Å²) in [6.45, 7) is 3.89. The van der Waals surface area contributed by atoms with E-state index in [1.165, 1.54) is 0 Å². The molecule has 0 unspecified atom stereocenters. The van der Waals surface area contributed by atoms with Crippen LogP contribution in [-0.2, 0) is 5.54 Å². The van der Waals surface area contributed by atoms with E-state index in [-0.39, 0.29) is 0 Å². The quantitative estimate of drug-likeness (QED) is 0.921. The van der Waals surface area contributed by atoms with Crippen LogP contribution in [0, 0.1) is 0 Å². The Morgan fingerprint density at radius 3 is 2.20 bits per heavy atom. The van der Waals surface area contributed by atoms with E-state index >= 15 is 0 Å². The van der Waals surface area contributed by atoms with Gasteiger partial charge in [-0.1, -0.05) is 0 Å². The molecule has 0 aliphatic rings. The van der Waals surface area contributed by atoms with Crippen LogP contribution in [0.3, 0.4) is 0 Å². The van der Waals surface area contributed by atoms with Crippen molar-refractivity contribution in [1.29, 1.82) is 0 Å². The van der Waals surface area contributed by atoms with Crippen molar-refractivity contribution in [2.24, 2.45) is 5.73 Å². The summed E-state index contributed by atoms with van der Waals surface area (Å²) in [5.41, 5.74) is 6.62. The SMILES string of the molecule is COc1cc(C(C)(C)N)cc(Br)c1OC. The lowest BCUT2D eigenvalue weighted by atomic mass is 9.95. The number of benzene rings is 1. The van der Waals surface area contributed by atoms with Crippen LogP contribution in [0.25, 0.3) is 0 Å². The maximum Gasteiger partial charge on any atom is 0.174 e. The maximum absolute atomic E-state index is 6.02. The zero-order chi connectivity index (χ0) is 11.6. The van der Waals surface area contributed by atoms with Gasteiger partial charge in [-0.2, -0.15) is 0 Å². The first kappa shape index (κ1) is 12.3. The van der Waals surface area contributed by atoms with Crippen LogP contribution in [0.4, 0.5) is 0 Å². The molecule has 1 aromatic carbocycles. The fraction of sp³-hybridized carbons (Fsp3) is 0.455. The lowest BCUT2D eigenvalue weighted by molar-refractivity contribution is 0.351. The Kier molecular flexibility index (Phi) is 3.62. The summed E-state index contributed by atoms with van der Waals surface area (Å²) in [6.07, 6.45) is 0. The number of ether oxygens (including phenoxy) is 2. The highest BCUT2D eigenvalue weighted by atomic mass is 79.9. The standard InChI is InChI=1S/C11H16BrNO2/c1-11(2,13)7-5-8(12)10(15-4)9(6-7)14-3/h5-6H,13H2,1-4H3. The van der Waals surface area contributed by atoms with Crippen molar-refractivity contribution < 1.29 is 9.47 Å². The minimum absolute atomic E-state index is 0.401. The molecule has 0 spiro atoms. The Bertz CT molecular complexity index is 358. The highest BCUT2D eigenvalue weighted by Crippen LogP contribution is 2.38. The van der Waals surface area contributed by atoms with Crippen molar-refractivity contribution in [3.05, 3.63) is 22.2 Å². The van der Waals surface area contributed by atoms with Crippen LogP contribution in [-0.4, -0.2) is 14.2 Å². The molecule has 0 aliphatic heterocycles. The highest BCUT2D eigenvalue weighted by Gasteiger charge is 2.19. The zero-order valence-corrected chi connectivity index (χ0v) is 11.0. The molecule has 15 heavy (non-hydrogen) atoms. The summed E-state index contributed by atoms with van der Waals surface area (Å²) in [5.74, 6) is 1.37. The number of hydrogen-bond donors (Lipinski definition) is 1. The Hall–Kier alpha value is -0.740. The summed E-state index contributed by atoms with van der Waals surface area (Å²) in [4.78, 5) is 0. The van der Waals surface area contributed by atoms with Gasteiger partial charge in [-0.25, -0.2) is 0 Å². The number of methoxy groups -OCH3 is 2. The van der Waals surface area contributed by atoms with Gasteiger partial charge >= 0.3 is 0 Å². The fourth-order valence-electron chi connectivity index (χ4n) is 1.29. The van der Waals surface area contributed by atoms with Gasteiger partial charge in [-0.3, -0.25) is 0 Å². The number of hydrogen-bond acceptors (Lipinski definition) is 3. The molecule has 0 fully saturated rings. The average molecular weight is 274 g/mol. The zero-order valence-electron chi connectivity index (χ0n) is 9.43. The second-order valence-corrected chi connectivity index (χ2v) is 4.77. The van der Waals surface area contributed by atoms with E-state index in [0.717, 1.165) is 10.0 Å². The normalized spacial score (nSPS) is 11.3. The molecule has 0 saturated carbocycles. The lowest BCUT2D eigenvalue weighted by Gasteiger charge is -2.21. The van der Waals surface area contributed by atoms with Crippen molar-refractivity contribution in [3.63, 3.8) is 0 Å². The lowest BCUT2D eigenvalue weighted by Crippen LogP contribution is -2.28. The summed E-state index contributed by atoms with van der Waals surface area (Å²) < 4.78 is 11.3. The van der Waals surface area contributed by atoms with Gasteiger partial charge in [0.1, 0.15) is 0 Å². The largest absolute Gasteiger partial charge is 0.493 e. The predicted octanol–water partition coefficient (Wildman–Crippen LogP) is 2.66. The molecular weight excluding hydrogens is 258 g/mol. The molecule has 0 atom stereocenters. The number of rotatable bonds is 3. The second kappa shape index (κ2) is 4.41. The second-order valence-electron chi connectivity index (χ2n) is 3.92. The van der Waals surface area contributed by atoms with Crippen LogP contribution in [0.5, 0.6) is 11.5 Å². The van der Waals surface area contributed by atoms with Gasteiger partial charge in [-0.15, -0.1) is 0 Å². The molecule has 4 heteroatoms. The van der Waals surface area contributed by atoms with E-state index in [4.69, 9.17) is 15.2 Å². The van der Waals surface area contributed by atoms with Crippen molar-refractivity contribution in [1.82, 2.24) is 0 Å². The van der Waals surface area contributed by atoms with E-state index in [2.05, 4.69) is 15.9 Å². The molecule has 0 radical (unpaired) electrons. The summed E-state index contributed by atoms with van der Waals surface area (Å²) >= 11 is 3.43. The molecule has 1 aromatic rings. The van der Waals surface area contributed by atoms with Crippen LogP contribution in [0.15, 0.2) is 16.6 Å². The van der Waals surface area contributed by atoms with E-state index in [1.54, 1.807) is 14.2 Å². The number of nitrogens with two attached hydrogens (primary N) is 1. The summed E-state index contributed by atoms with van der Waals surface area (Å²) in [5, 5.41) is 0. The van der Waals surface area contributed by atoms with Gasteiger partial charge in [-0.05, 0) is 47.5 Å². The first-order valence-electron chi connectivity index (χ1n) is 4.61.